The van der Waals surface area contributed by atoms with Gasteiger partial charge in [-0.15, -0.1) is 11.7 Å². The van der Waals surface area contributed by atoms with Crippen molar-refractivity contribution in [3.63, 3.8) is 0 Å². The molecule has 1 amide bonds. The molecule has 108 valence electrons. The van der Waals surface area contributed by atoms with Gasteiger partial charge in [-0.2, -0.15) is 4.80 Å². The minimum absolute atomic E-state index is 0.0144. The van der Waals surface area contributed by atoms with Crippen LogP contribution in [0.4, 0.5) is 11.6 Å². The number of carbonyl (C=O) groups is 1. The standard InChI is InChI=1S/C11H9ClN6O3/c1-2-5-17-15-11(14-16-17)13-10(19)7-3-4-8(12)9(6-7)18(20)21/h2-4,6H,1,5H2,(H,13,15,19). The second-order valence-electron chi connectivity index (χ2n) is 3.83. The van der Waals surface area contributed by atoms with Gasteiger partial charge >= 0.3 is 0 Å². The summed E-state index contributed by atoms with van der Waals surface area (Å²) in [4.78, 5) is 23.3. The van der Waals surface area contributed by atoms with Crippen LogP contribution in [0.15, 0.2) is 30.9 Å². The van der Waals surface area contributed by atoms with Gasteiger partial charge in [-0.25, -0.2) is 0 Å². The molecule has 1 aromatic heterocycles. The summed E-state index contributed by atoms with van der Waals surface area (Å²) in [5.41, 5.74) is -0.293. The van der Waals surface area contributed by atoms with E-state index in [1.54, 1.807) is 6.08 Å². The van der Waals surface area contributed by atoms with E-state index in [2.05, 4.69) is 27.3 Å². The van der Waals surface area contributed by atoms with Crippen molar-refractivity contribution < 1.29 is 9.72 Å². The zero-order chi connectivity index (χ0) is 15.4. The van der Waals surface area contributed by atoms with Crippen LogP contribution < -0.4 is 5.32 Å². The maximum atomic E-state index is 12.0. The average Bonchev–Trinajstić information content (AvgIpc) is 2.86. The maximum absolute atomic E-state index is 12.0. The number of allylic oxidation sites excluding steroid dienone is 1. The van der Waals surface area contributed by atoms with E-state index >= 15 is 0 Å². The number of carbonyl (C=O) groups excluding carboxylic acids is 1. The van der Waals surface area contributed by atoms with Gasteiger partial charge in [0.1, 0.15) is 5.02 Å². The van der Waals surface area contributed by atoms with E-state index in [1.807, 2.05) is 0 Å². The Bertz CT molecular complexity index is 714. The summed E-state index contributed by atoms with van der Waals surface area (Å²) in [6.45, 7) is 3.86. The van der Waals surface area contributed by atoms with Crippen LogP contribution in [0.5, 0.6) is 0 Å². The molecule has 0 saturated carbocycles. The molecule has 0 aliphatic heterocycles. The van der Waals surface area contributed by atoms with Crippen LogP contribution in [0.3, 0.4) is 0 Å². The van der Waals surface area contributed by atoms with Gasteiger partial charge in [-0.1, -0.05) is 22.8 Å². The third-order valence-corrected chi connectivity index (χ3v) is 2.70. The van der Waals surface area contributed by atoms with Gasteiger partial charge in [0, 0.05) is 11.6 Å². The van der Waals surface area contributed by atoms with Gasteiger partial charge in [-0.3, -0.25) is 20.2 Å². The molecule has 9 nitrogen and oxygen atoms in total. The van der Waals surface area contributed by atoms with Crippen molar-refractivity contribution in [2.45, 2.75) is 6.54 Å². The summed E-state index contributed by atoms with van der Waals surface area (Å²) >= 11 is 5.67. The van der Waals surface area contributed by atoms with E-state index in [4.69, 9.17) is 11.6 Å². The zero-order valence-electron chi connectivity index (χ0n) is 10.6. The first kappa shape index (κ1) is 14.6. The highest BCUT2D eigenvalue weighted by molar-refractivity contribution is 6.32. The lowest BCUT2D eigenvalue weighted by Gasteiger charge is -2.01. The molecule has 1 heterocycles. The molecule has 0 saturated heterocycles. The number of nitrogens with zero attached hydrogens (tertiary/aromatic N) is 5. The molecule has 0 aliphatic carbocycles. The summed E-state index contributed by atoms with van der Waals surface area (Å²) in [6, 6.07) is 3.71. The average molecular weight is 309 g/mol. The van der Waals surface area contributed by atoms with Gasteiger partial charge in [0.05, 0.1) is 11.5 Å². The highest BCUT2D eigenvalue weighted by Gasteiger charge is 2.17. The zero-order valence-corrected chi connectivity index (χ0v) is 11.3. The fraction of sp³-hybridized carbons (Fsp3) is 0.0909. The number of nitro benzene ring substituents is 1. The van der Waals surface area contributed by atoms with Crippen molar-refractivity contribution in [3.05, 3.63) is 51.6 Å². The van der Waals surface area contributed by atoms with Gasteiger partial charge in [0.2, 0.25) is 0 Å². The van der Waals surface area contributed by atoms with E-state index in [1.165, 1.54) is 16.9 Å². The summed E-state index contributed by atoms with van der Waals surface area (Å²) in [5, 5.41) is 24.3. The molecular weight excluding hydrogens is 300 g/mol. The fourth-order valence-corrected chi connectivity index (χ4v) is 1.64. The summed E-state index contributed by atoms with van der Waals surface area (Å²) in [7, 11) is 0. The van der Waals surface area contributed by atoms with E-state index in [-0.39, 0.29) is 22.2 Å². The molecular formula is C11H9ClN6O3. The highest BCUT2D eigenvalue weighted by atomic mass is 35.5. The largest absolute Gasteiger partial charge is 0.288 e. The van der Waals surface area contributed by atoms with Crippen LogP contribution in [0, 0.1) is 10.1 Å². The predicted molar refractivity (Wildman–Crippen MR) is 74.1 cm³/mol. The SMILES string of the molecule is C=CCn1nnc(NC(=O)c2ccc(Cl)c([N+](=O)[O-])c2)n1. The van der Waals surface area contributed by atoms with Crippen molar-refractivity contribution in [2.75, 3.05) is 5.32 Å². The van der Waals surface area contributed by atoms with Gasteiger partial charge in [0.25, 0.3) is 17.5 Å². The third kappa shape index (κ3) is 3.39. The minimum Gasteiger partial charge on any atom is -0.288 e. The number of aromatic nitrogens is 4. The lowest BCUT2D eigenvalue weighted by atomic mass is 10.2. The lowest BCUT2D eigenvalue weighted by Crippen LogP contribution is -2.13. The summed E-state index contributed by atoms with van der Waals surface area (Å²) in [5.74, 6) is -0.618. The van der Waals surface area contributed by atoms with Gasteiger partial charge in [0.15, 0.2) is 0 Å². The maximum Gasteiger partial charge on any atom is 0.288 e. The normalized spacial score (nSPS) is 10.1. The van der Waals surface area contributed by atoms with Crippen LogP contribution in [-0.2, 0) is 6.54 Å². The number of anilines is 1. The van der Waals surface area contributed by atoms with Crippen LogP contribution in [0.25, 0.3) is 0 Å². The Labute approximate surface area is 123 Å². The first-order valence-electron chi connectivity index (χ1n) is 5.65. The second kappa shape index (κ2) is 6.09. The molecule has 10 heteroatoms. The smallest absolute Gasteiger partial charge is 0.288 e. The molecule has 2 rings (SSSR count). The number of hydrogen-bond donors (Lipinski definition) is 1. The topological polar surface area (TPSA) is 116 Å². The third-order valence-electron chi connectivity index (χ3n) is 2.38. The quantitative estimate of drug-likeness (QED) is 0.510. The number of hydrogen-bond acceptors (Lipinski definition) is 6. The molecule has 21 heavy (non-hydrogen) atoms. The number of nitrogens with one attached hydrogen (secondary N) is 1. The molecule has 0 aliphatic rings. The number of rotatable bonds is 5. The summed E-state index contributed by atoms with van der Waals surface area (Å²) < 4.78 is 0. The van der Waals surface area contributed by atoms with Crippen LogP contribution >= 0.6 is 11.6 Å². The number of tetrazole rings is 1. The van der Waals surface area contributed by atoms with Crippen molar-refractivity contribution in [2.24, 2.45) is 0 Å². The Morgan fingerprint density at radius 2 is 2.33 bits per heavy atom. The molecule has 0 fully saturated rings. The first-order chi connectivity index (χ1) is 10.0. The Hall–Kier alpha value is -2.81. The molecule has 0 unspecified atom stereocenters. The molecule has 1 aromatic carbocycles. The number of benzene rings is 1. The molecule has 0 radical (unpaired) electrons. The van der Waals surface area contributed by atoms with Crippen LogP contribution in [0.2, 0.25) is 5.02 Å². The monoisotopic (exact) mass is 308 g/mol. The number of halogens is 1. The Morgan fingerprint density at radius 1 is 1.57 bits per heavy atom. The Kier molecular flexibility index (Phi) is 4.24. The van der Waals surface area contributed by atoms with E-state index < -0.39 is 10.8 Å². The Balaban J connectivity index is 2.17. The molecule has 0 bridgehead atoms. The number of nitro groups is 1. The fourth-order valence-electron chi connectivity index (χ4n) is 1.45. The Morgan fingerprint density at radius 3 is 3.00 bits per heavy atom. The molecule has 0 atom stereocenters. The number of amides is 1. The van der Waals surface area contributed by atoms with E-state index in [9.17, 15) is 14.9 Å². The lowest BCUT2D eigenvalue weighted by molar-refractivity contribution is -0.384. The highest BCUT2D eigenvalue weighted by Crippen LogP contribution is 2.25. The van der Waals surface area contributed by atoms with Crippen molar-refractivity contribution in [1.29, 1.82) is 0 Å². The van der Waals surface area contributed by atoms with Crippen molar-refractivity contribution in [3.8, 4) is 0 Å². The molecule has 1 N–H and O–H groups in total. The first-order valence-corrected chi connectivity index (χ1v) is 6.03. The van der Waals surface area contributed by atoms with Crippen LogP contribution in [-0.4, -0.2) is 31.0 Å². The van der Waals surface area contributed by atoms with Crippen molar-refractivity contribution >= 4 is 29.1 Å². The van der Waals surface area contributed by atoms with Gasteiger partial charge in [-0.05, 0) is 17.3 Å². The summed E-state index contributed by atoms with van der Waals surface area (Å²) in [6.07, 6.45) is 1.57. The van der Waals surface area contributed by atoms with E-state index in [0.717, 1.165) is 6.07 Å². The minimum atomic E-state index is -0.669. The van der Waals surface area contributed by atoms with Crippen molar-refractivity contribution in [1.82, 2.24) is 20.2 Å². The predicted octanol–water partition coefficient (Wildman–Crippen LogP) is 1.67. The van der Waals surface area contributed by atoms with E-state index in [0.29, 0.717) is 6.54 Å². The van der Waals surface area contributed by atoms with Gasteiger partial charge < -0.3 is 0 Å². The van der Waals surface area contributed by atoms with Crippen LogP contribution in [0.1, 0.15) is 10.4 Å². The molecule has 2 aromatic rings. The molecule has 0 spiro atoms. The second-order valence-corrected chi connectivity index (χ2v) is 4.24.